The third kappa shape index (κ3) is 5.40. The number of ether oxygens (including phenoxy) is 2. The fraction of sp³-hybridized carbons (Fsp3) is 0.240. The van der Waals surface area contributed by atoms with Gasteiger partial charge >= 0.3 is 0 Å². The van der Waals surface area contributed by atoms with Crippen LogP contribution in [0.1, 0.15) is 40.9 Å². The maximum absolute atomic E-state index is 12.2. The van der Waals surface area contributed by atoms with Crippen molar-refractivity contribution in [2.45, 2.75) is 33.2 Å². The fourth-order valence-corrected chi connectivity index (χ4v) is 3.55. The zero-order valence-electron chi connectivity index (χ0n) is 19.1. The molecule has 2 aromatic heterocycles. The molecule has 9 heteroatoms. The lowest BCUT2D eigenvalue weighted by Gasteiger charge is -2.13. The number of aryl methyl sites for hydroxylation is 2. The highest BCUT2D eigenvalue weighted by Gasteiger charge is 2.14. The van der Waals surface area contributed by atoms with Gasteiger partial charge in [0.2, 0.25) is 0 Å². The summed E-state index contributed by atoms with van der Waals surface area (Å²) in [6.07, 6.45) is 1.82. The van der Waals surface area contributed by atoms with Gasteiger partial charge in [0, 0.05) is 30.7 Å². The Hall–Kier alpha value is -3.78. The molecule has 2 heterocycles. The molecule has 0 fully saturated rings. The second-order valence-corrected chi connectivity index (χ2v) is 8.07. The van der Waals surface area contributed by atoms with E-state index in [-0.39, 0.29) is 18.1 Å². The van der Waals surface area contributed by atoms with E-state index in [0.717, 1.165) is 35.4 Å². The van der Waals surface area contributed by atoms with Crippen molar-refractivity contribution in [3.05, 3.63) is 76.3 Å². The Morgan fingerprint density at radius 3 is 2.56 bits per heavy atom. The van der Waals surface area contributed by atoms with E-state index in [2.05, 4.69) is 22.6 Å². The third-order valence-corrected chi connectivity index (χ3v) is 5.34. The van der Waals surface area contributed by atoms with Gasteiger partial charge in [-0.05, 0) is 49.2 Å². The number of amides is 1. The van der Waals surface area contributed by atoms with Gasteiger partial charge in [0.25, 0.3) is 5.91 Å². The number of nitrogens with zero attached hydrogens (tertiary/aromatic N) is 2. The zero-order valence-corrected chi connectivity index (χ0v) is 19.8. The molecular weight excluding hydrogens is 458 g/mol. The summed E-state index contributed by atoms with van der Waals surface area (Å²) in [6.45, 7) is 4.10. The summed E-state index contributed by atoms with van der Waals surface area (Å²) in [5.41, 5.74) is 2.62. The van der Waals surface area contributed by atoms with Crippen molar-refractivity contribution in [1.29, 1.82) is 0 Å². The Labute approximate surface area is 201 Å². The molecule has 0 radical (unpaired) electrons. The smallest absolute Gasteiger partial charge is 0.273 e. The predicted molar refractivity (Wildman–Crippen MR) is 126 cm³/mol. The van der Waals surface area contributed by atoms with E-state index in [9.17, 15) is 4.79 Å². The van der Waals surface area contributed by atoms with Crippen LogP contribution in [0.3, 0.4) is 0 Å². The lowest BCUT2D eigenvalue weighted by Crippen LogP contribution is -2.23. The van der Waals surface area contributed by atoms with Crippen LogP contribution >= 0.6 is 11.6 Å². The minimum Gasteiger partial charge on any atom is -0.493 e. The highest BCUT2D eigenvalue weighted by atomic mass is 35.5. The lowest BCUT2D eigenvalue weighted by molar-refractivity contribution is 0.0941. The van der Waals surface area contributed by atoms with Crippen LogP contribution in [0.2, 0.25) is 5.02 Å². The number of methoxy groups -OCH3 is 1. The topological polar surface area (TPSA) is 99.6 Å². The van der Waals surface area contributed by atoms with Gasteiger partial charge in [-0.1, -0.05) is 34.9 Å². The Morgan fingerprint density at radius 2 is 1.85 bits per heavy atom. The van der Waals surface area contributed by atoms with E-state index in [1.54, 1.807) is 44.4 Å². The van der Waals surface area contributed by atoms with Gasteiger partial charge in [-0.15, -0.1) is 0 Å². The van der Waals surface area contributed by atoms with Crippen LogP contribution in [0.4, 0.5) is 0 Å². The van der Waals surface area contributed by atoms with Gasteiger partial charge in [-0.3, -0.25) is 4.79 Å². The highest BCUT2D eigenvalue weighted by molar-refractivity contribution is 6.32. The van der Waals surface area contributed by atoms with Crippen molar-refractivity contribution in [3.8, 4) is 28.5 Å². The van der Waals surface area contributed by atoms with Crippen molar-refractivity contribution in [1.82, 2.24) is 15.6 Å². The number of halogens is 1. The number of benzene rings is 2. The highest BCUT2D eigenvalue weighted by Crippen LogP contribution is 2.37. The number of carbonyl (C=O) groups is 1. The monoisotopic (exact) mass is 481 g/mol. The molecule has 0 aliphatic heterocycles. The lowest BCUT2D eigenvalue weighted by atomic mass is 10.1. The Bertz CT molecular complexity index is 1300. The Morgan fingerprint density at radius 1 is 1.03 bits per heavy atom. The molecule has 0 unspecified atom stereocenters. The molecule has 4 aromatic rings. The van der Waals surface area contributed by atoms with E-state index in [1.165, 1.54) is 0 Å². The molecule has 1 N–H and O–H groups in total. The molecule has 0 aliphatic rings. The SMILES string of the molecule is CCCc1cc(-c2ccc(Oc3ccc(CNC(=O)c4cc(C)on4)cc3OC)c(Cl)c2)no1. The normalized spacial score (nSPS) is 10.8. The summed E-state index contributed by atoms with van der Waals surface area (Å²) < 4.78 is 21.8. The van der Waals surface area contributed by atoms with Gasteiger partial charge in [0.15, 0.2) is 17.2 Å². The van der Waals surface area contributed by atoms with Crippen molar-refractivity contribution >= 4 is 17.5 Å². The van der Waals surface area contributed by atoms with E-state index in [0.29, 0.717) is 28.0 Å². The molecule has 0 atom stereocenters. The van der Waals surface area contributed by atoms with Crippen molar-refractivity contribution in [2.75, 3.05) is 7.11 Å². The first-order valence-corrected chi connectivity index (χ1v) is 11.2. The standard InChI is InChI=1S/C25H24ClN3O5/c1-4-5-18-13-20(28-34-18)17-7-9-22(19(26)12-17)32-23-8-6-16(11-24(23)31-3)14-27-25(30)21-10-15(2)33-29-21/h6-13H,4-5,14H2,1-3H3,(H,27,30). The number of aromatic nitrogens is 2. The van der Waals surface area contributed by atoms with Crippen molar-refractivity contribution < 1.29 is 23.3 Å². The van der Waals surface area contributed by atoms with Crippen molar-refractivity contribution in [3.63, 3.8) is 0 Å². The summed E-state index contributed by atoms with van der Waals surface area (Å²) in [5.74, 6) is 2.56. The first kappa shape index (κ1) is 23.4. The van der Waals surface area contributed by atoms with Crippen LogP contribution in [0.15, 0.2) is 57.6 Å². The minimum absolute atomic E-state index is 0.231. The summed E-state index contributed by atoms with van der Waals surface area (Å²) in [5, 5.41) is 11.1. The molecule has 2 aromatic carbocycles. The molecule has 0 saturated carbocycles. The second-order valence-electron chi connectivity index (χ2n) is 7.67. The van der Waals surface area contributed by atoms with Crippen LogP contribution in [0, 0.1) is 6.92 Å². The molecule has 0 aliphatic carbocycles. The largest absolute Gasteiger partial charge is 0.493 e. The summed E-state index contributed by atoms with van der Waals surface area (Å²) in [6, 6.07) is 14.3. The molecule has 0 bridgehead atoms. The van der Waals surface area contributed by atoms with E-state index in [4.69, 9.17) is 30.1 Å². The molecule has 1 amide bonds. The van der Waals surface area contributed by atoms with Gasteiger partial charge in [-0.25, -0.2) is 0 Å². The number of rotatable bonds is 9. The van der Waals surface area contributed by atoms with Gasteiger partial charge in [-0.2, -0.15) is 0 Å². The molecule has 8 nitrogen and oxygen atoms in total. The molecule has 0 saturated heterocycles. The summed E-state index contributed by atoms with van der Waals surface area (Å²) in [7, 11) is 1.55. The van der Waals surface area contributed by atoms with E-state index < -0.39 is 0 Å². The van der Waals surface area contributed by atoms with Crippen LogP contribution in [0.5, 0.6) is 17.2 Å². The number of hydrogen-bond acceptors (Lipinski definition) is 7. The molecule has 34 heavy (non-hydrogen) atoms. The minimum atomic E-state index is -0.322. The van der Waals surface area contributed by atoms with Gasteiger partial charge < -0.3 is 23.8 Å². The molecule has 4 rings (SSSR count). The van der Waals surface area contributed by atoms with Crippen LogP contribution in [-0.4, -0.2) is 23.3 Å². The number of carbonyl (C=O) groups excluding carboxylic acids is 1. The number of nitrogens with one attached hydrogen (secondary N) is 1. The molecule has 176 valence electrons. The third-order valence-electron chi connectivity index (χ3n) is 5.04. The first-order valence-electron chi connectivity index (χ1n) is 10.8. The Balaban J connectivity index is 1.45. The average molecular weight is 482 g/mol. The van der Waals surface area contributed by atoms with E-state index in [1.807, 2.05) is 18.2 Å². The van der Waals surface area contributed by atoms with Crippen LogP contribution < -0.4 is 14.8 Å². The van der Waals surface area contributed by atoms with Gasteiger partial charge in [0.05, 0.1) is 12.1 Å². The quantitative estimate of drug-likeness (QED) is 0.314. The predicted octanol–water partition coefficient (Wildman–Crippen LogP) is 5.97. The van der Waals surface area contributed by atoms with Gasteiger partial charge in [0.1, 0.15) is 23.0 Å². The van der Waals surface area contributed by atoms with Crippen molar-refractivity contribution in [2.24, 2.45) is 0 Å². The first-order chi connectivity index (χ1) is 16.5. The average Bonchev–Trinajstić information content (AvgIpc) is 3.49. The van der Waals surface area contributed by atoms with Crippen LogP contribution in [0.25, 0.3) is 11.3 Å². The fourth-order valence-electron chi connectivity index (χ4n) is 3.33. The maximum atomic E-state index is 12.2. The maximum Gasteiger partial charge on any atom is 0.273 e. The second kappa shape index (κ2) is 10.4. The zero-order chi connectivity index (χ0) is 24.1. The number of hydrogen-bond donors (Lipinski definition) is 1. The van der Waals surface area contributed by atoms with E-state index >= 15 is 0 Å². The van der Waals surface area contributed by atoms with Crippen LogP contribution in [-0.2, 0) is 13.0 Å². The molecule has 0 spiro atoms. The summed E-state index contributed by atoms with van der Waals surface area (Å²) >= 11 is 6.48. The molecular formula is C25H24ClN3O5. The Kier molecular flexibility index (Phi) is 7.18. The summed E-state index contributed by atoms with van der Waals surface area (Å²) in [4.78, 5) is 12.2.